The molecule has 5 nitrogen and oxygen atoms in total. The number of carboxylic acid groups (broad SMARTS) is 1. The largest absolute Gasteiger partial charge is 0.480 e. The van der Waals surface area contributed by atoms with Gasteiger partial charge in [0, 0.05) is 19.3 Å². The first-order valence-corrected chi connectivity index (χ1v) is 5.02. The number of carboxylic acids is 1. The van der Waals surface area contributed by atoms with E-state index in [1.807, 2.05) is 0 Å². The Morgan fingerprint density at radius 3 is 3.00 bits per heavy atom. The van der Waals surface area contributed by atoms with E-state index in [9.17, 15) is 4.79 Å². The van der Waals surface area contributed by atoms with Gasteiger partial charge in [-0.3, -0.25) is 9.69 Å². The molecule has 0 aliphatic carbocycles. The molecule has 0 atom stereocenters. The highest BCUT2D eigenvalue weighted by molar-refractivity contribution is 5.68. The first kappa shape index (κ1) is 11.7. The summed E-state index contributed by atoms with van der Waals surface area (Å²) in [6.45, 7) is 3.70. The number of aliphatic carboxylic acids is 1. The maximum absolute atomic E-state index is 10.5. The van der Waals surface area contributed by atoms with Crippen LogP contribution in [0.4, 0.5) is 0 Å². The standard InChI is InChI=1S/C10H17N3O2/c1-3-4-13-8-11-5-9(13)6-12(2)7-10(14)15/h5,8H,3-4,6-7H2,1-2H3,(H,14,15). The summed E-state index contributed by atoms with van der Waals surface area (Å²) in [4.78, 5) is 16.3. The lowest BCUT2D eigenvalue weighted by Gasteiger charge is -2.14. The molecule has 0 aliphatic rings. The first-order valence-electron chi connectivity index (χ1n) is 5.02. The lowest BCUT2D eigenvalue weighted by atomic mass is 10.4. The molecule has 84 valence electrons. The topological polar surface area (TPSA) is 58.4 Å². The minimum absolute atomic E-state index is 0.0529. The summed E-state index contributed by atoms with van der Waals surface area (Å²) in [5, 5.41) is 8.62. The Balaban J connectivity index is 2.55. The molecule has 0 aliphatic heterocycles. The van der Waals surface area contributed by atoms with E-state index >= 15 is 0 Å². The highest BCUT2D eigenvalue weighted by Crippen LogP contribution is 2.03. The smallest absolute Gasteiger partial charge is 0.317 e. The third-order valence-corrected chi connectivity index (χ3v) is 2.10. The van der Waals surface area contributed by atoms with Gasteiger partial charge in [-0.2, -0.15) is 0 Å². The van der Waals surface area contributed by atoms with E-state index in [1.54, 1.807) is 24.5 Å². The summed E-state index contributed by atoms with van der Waals surface area (Å²) >= 11 is 0. The number of carbonyl (C=O) groups is 1. The Bertz CT molecular complexity index is 322. The van der Waals surface area contributed by atoms with Gasteiger partial charge in [-0.15, -0.1) is 0 Å². The molecule has 1 N–H and O–H groups in total. The van der Waals surface area contributed by atoms with Gasteiger partial charge in [-0.1, -0.05) is 6.92 Å². The third kappa shape index (κ3) is 3.71. The quantitative estimate of drug-likeness (QED) is 0.756. The van der Waals surface area contributed by atoms with E-state index in [-0.39, 0.29) is 6.54 Å². The summed E-state index contributed by atoms with van der Waals surface area (Å²) < 4.78 is 2.05. The zero-order chi connectivity index (χ0) is 11.3. The molecule has 0 saturated carbocycles. The van der Waals surface area contributed by atoms with Crippen molar-refractivity contribution in [1.29, 1.82) is 0 Å². The lowest BCUT2D eigenvalue weighted by Crippen LogP contribution is -2.26. The molecule has 0 radical (unpaired) electrons. The Kier molecular flexibility index (Phi) is 4.30. The zero-order valence-corrected chi connectivity index (χ0v) is 9.18. The van der Waals surface area contributed by atoms with Crippen LogP contribution in [0.1, 0.15) is 19.0 Å². The highest BCUT2D eigenvalue weighted by atomic mass is 16.4. The molecule has 0 spiro atoms. The Morgan fingerprint density at radius 1 is 1.67 bits per heavy atom. The van der Waals surface area contributed by atoms with E-state index in [0.717, 1.165) is 18.7 Å². The van der Waals surface area contributed by atoms with Gasteiger partial charge in [-0.05, 0) is 13.5 Å². The maximum atomic E-state index is 10.5. The van der Waals surface area contributed by atoms with Crippen molar-refractivity contribution in [3.63, 3.8) is 0 Å². The molecule has 0 unspecified atom stereocenters. The van der Waals surface area contributed by atoms with Crippen molar-refractivity contribution in [2.75, 3.05) is 13.6 Å². The van der Waals surface area contributed by atoms with Crippen molar-refractivity contribution in [1.82, 2.24) is 14.5 Å². The maximum Gasteiger partial charge on any atom is 0.317 e. The fraction of sp³-hybridized carbons (Fsp3) is 0.600. The molecular weight excluding hydrogens is 194 g/mol. The average Bonchev–Trinajstić information content (AvgIpc) is 2.52. The van der Waals surface area contributed by atoms with Gasteiger partial charge in [0.15, 0.2) is 0 Å². The summed E-state index contributed by atoms with van der Waals surface area (Å²) in [5.74, 6) is -0.806. The van der Waals surface area contributed by atoms with Crippen molar-refractivity contribution in [3.05, 3.63) is 18.2 Å². The Hall–Kier alpha value is -1.36. The summed E-state index contributed by atoms with van der Waals surface area (Å²) in [6.07, 6.45) is 4.62. The van der Waals surface area contributed by atoms with Gasteiger partial charge in [0.25, 0.3) is 0 Å². The molecule has 0 aromatic carbocycles. The average molecular weight is 211 g/mol. The second kappa shape index (κ2) is 5.50. The molecule has 5 heteroatoms. The van der Waals surface area contributed by atoms with Crippen molar-refractivity contribution in [2.45, 2.75) is 26.4 Å². The van der Waals surface area contributed by atoms with Crippen LogP contribution in [0.5, 0.6) is 0 Å². The number of hydrogen-bond acceptors (Lipinski definition) is 3. The van der Waals surface area contributed by atoms with Crippen LogP contribution in [-0.2, 0) is 17.9 Å². The Morgan fingerprint density at radius 2 is 2.40 bits per heavy atom. The first-order chi connectivity index (χ1) is 7.13. The van der Waals surface area contributed by atoms with Crippen LogP contribution in [-0.4, -0.2) is 39.1 Å². The van der Waals surface area contributed by atoms with Crippen LogP contribution < -0.4 is 0 Å². The number of nitrogens with zero attached hydrogens (tertiary/aromatic N) is 3. The molecule has 0 fully saturated rings. The number of aromatic nitrogens is 2. The van der Waals surface area contributed by atoms with E-state index in [0.29, 0.717) is 6.54 Å². The number of likely N-dealkylation sites (N-methyl/N-ethyl adjacent to an activating group) is 1. The minimum Gasteiger partial charge on any atom is -0.480 e. The van der Waals surface area contributed by atoms with Crippen molar-refractivity contribution < 1.29 is 9.90 Å². The van der Waals surface area contributed by atoms with Crippen LogP contribution in [0.3, 0.4) is 0 Å². The Labute approximate surface area is 89.3 Å². The van der Waals surface area contributed by atoms with Crippen molar-refractivity contribution >= 4 is 5.97 Å². The van der Waals surface area contributed by atoms with Gasteiger partial charge in [0.05, 0.1) is 18.6 Å². The fourth-order valence-corrected chi connectivity index (χ4v) is 1.49. The number of hydrogen-bond donors (Lipinski definition) is 1. The van der Waals surface area contributed by atoms with Crippen LogP contribution in [0, 0.1) is 0 Å². The predicted octanol–water partition coefficient (Wildman–Crippen LogP) is 0.809. The molecule has 0 amide bonds. The van der Waals surface area contributed by atoms with Crippen molar-refractivity contribution in [3.8, 4) is 0 Å². The molecule has 1 heterocycles. The SMILES string of the molecule is CCCn1cncc1CN(C)CC(=O)O. The molecular formula is C10H17N3O2. The van der Waals surface area contributed by atoms with Gasteiger partial charge in [0.2, 0.25) is 0 Å². The van der Waals surface area contributed by atoms with Crippen molar-refractivity contribution in [2.24, 2.45) is 0 Å². The molecule has 1 aromatic heterocycles. The zero-order valence-electron chi connectivity index (χ0n) is 9.18. The third-order valence-electron chi connectivity index (χ3n) is 2.10. The van der Waals surface area contributed by atoms with Gasteiger partial charge >= 0.3 is 5.97 Å². The fourth-order valence-electron chi connectivity index (χ4n) is 1.49. The monoisotopic (exact) mass is 211 g/mol. The number of imidazole rings is 1. The summed E-state index contributed by atoms with van der Waals surface area (Å²) in [6, 6.07) is 0. The molecule has 0 saturated heterocycles. The lowest BCUT2D eigenvalue weighted by molar-refractivity contribution is -0.138. The highest BCUT2D eigenvalue weighted by Gasteiger charge is 2.08. The normalized spacial score (nSPS) is 10.9. The van der Waals surface area contributed by atoms with E-state index < -0.39 is 5.97 Å². The van der Waals surface area contributed by atoms with E-state index in [2.05, 4.69) is 16.5 Å². The molecule has 0 bridgehead atoms. The van der Waals surface area contributed by atoms with Gasteiger partial charge in [0.1, 0.15) is 0 Å². The molecule has 1 aromatic rings. The molecule has 1 rings (SSSR count). The number of aryl methyl sites for hydroxylation is 1. The van der Waals surface area contributed by atoms with Crippen LogP contribution in [0.15, 0.2) is 12.5 Å². The second-order valence-electron chi connectivity index (χ2n) is 3.64. The van der Waals surface area contributed by atoms with Gasteiger partial charge < -0.3 is 9.67 Å². The van der Waals surface area contributed by atoms with E-state index in [4.69, 9.17) is 5.11 Å². The predicted molar refractivity (Wildman–Crippen MR) is 56.5 cm³/mol. The minimum atomic E-state index is -0.806. The van der Waals surface area contributed by atoms with Crippen LogP contribution in [0.25, 0.3) is 0 Å². The summed E-state index contributed by atoms with van der Waals surface area (Å²) in [5.41, 5.74) is 1.06. The number of rotatable bonds is 6. The van der Waals surface area contributed by atoms with Crippen LogP contribution >= 0.6 is 0 Å². The second-order valence-corrected chi connectivity index (χ2v) is 3.64. The van der Waals surface area contributed by atoms with E-state index in [1.165, 1.54) is 0 Å². The van der Waals surface area contributed by atoms with Gasteiger partial charge in [-0.25, -0.2) is 4.98 Å². The summed E-state index contributed by atoms with van der Waals surface area (Å²) in [7, 11) is 1.79. The van der Waals surface area contributed by atoms with Crippen LogP contribution in [0.2, 0.25) is 0 Å². The molecule has 15 heavy (non-hydrogen) atoms.